The normalized spacial score (nSPS) is 12.7. The number of ketones is 1. The molecule has 25 heavy (non-hydrogen) atoms. The number of amides is 1. The first kappa shape index (κ1) is 18.1. The highest BCUT2D eigenvalue weighted by Gasteiger charge is 2.13. The van der Waals surface area contributed by atoms with E-state index in [2.05, 4.69) is 23.5 Å². The van der Waals surface area contributed by atoms with Gasteiger partial charge in [0.2, 0.25) is 5.91 Å². The minimum atomic E-state index is -0.110. The summed E-state index contributed by atoms with van der Waals surface area (Å²) in [7, 11) is 0. The summed E-state index contributed by atoms with van der Waals surface area (Å²) in [6.45, 7) is 1.48. The molecule has 0 fully saturated rings. The van der Waals surface area contributed by atoms with Crippen molar-refractivity contribution in [3.05, 3.63) is 53.1 Å². The van der Waals surface area contributed by atoms with Crippen LogP contribution in [0.2, 0.25) is 0 Å². The number of anilines is 1. The average Bonchev–Trinajstić information content (AvgIpc) is 3.07. The lowest BCUT2D eigenvalue weighted by molar-refractivity contribution is -0.114. The zero-order chi connectivity index (χ0) is 17.8. The molecule has 0 atom stereocenters. The molecule has 130 valence electrons. The van der Waals surface area contributed by atoms with Crippen molar-refractivity contribution < 1.29 is 9.59 Å². The standard InChI is InChI=1S/C20H21NO2S2/c1-13(22)21-18-9-7-16(11-20(18)24-2)19(23)12-25-17-8-6-14-4-3-5-15(14)10-17/h6-11H,3-5,12H2,1-2H3,(H,21,22). The van der Waals surface area contributed by atoms with Gasteiger partial charge in [0.15, 0.2) is 5.78 Å². The maximum absolute atomic E-state index is 12.5. The van der Waals surface area contributed by atoms with Gasteiger partial charge in [-0.25, -0.2) is 0 Å². The molecule has 3 nitrogen and oxygen atoms in total. The van der Waals surface area contributed by atoms with E-state index in [1.807, 2.05) is 12.3 Å². The highest BCUT2D eigenvalue weighted by molar-refractivity contribution is 8.00. The Morgan fingerprint density at radius 1 is 1.08 bits per heavy atom. The third-order valence-corrected chi connectivity index (χ3v) is 6.05. The first-order valence-electron chi connectivity index (χ1n) is 8.30. The molecule has 0 unspecified atom stereocenters. The monoisotopic (exact) mass is 371 g/mol. The molecule has 0 saturated carbocycles. The zero-order valence-electron chi connectivity index (χ0n) is 14.4. The predicted molar refractivity (Wildman–Crippen MR) is 106 cm³/mol. The molecule has 1 aliphatic rings. The van der Waals surface area contributed by atoms with E-state index in [0.29, 0.717) is 11.3 Å². The minimum Gasteiger partial charge on any atom is -0.325 e. The van der Waals surface area contributed by atoms with Crippen LogP contribution >= 0.6 is 23.5 Å². The van der Waals surface area contributed by atoms with Crippen LogP contribution in [-0.2, 0) is 17.6 Å². The van der Waals surface area contributed by atoms with Gasteiger partial charge in [0.1, 0.15) is 0 Å². The smallest absolute Gasteiger partial charge is 0.221 e. The van der Waals surface area contributed by atoms with E-state index in [1.54, 1.807) is 23.9 Å². The third-order valence-electron chi connectivity index (χ3n) is 4.27. The highest BCUT2D eigenvalue weighted by Crippen LogP contribution is 2.30. The van der Waals surface area contributed by atoms with Crippen molar-refractivity contribution in [2.45, 2.75) is 36.0 Å². The number of fused-ring (bicyclic) bond motifs is 1. The second kappa shape index (κ2) is 8.11. The Morgan fingerprint density at radius 3 is 2.64 bits per heavy atom. The summed E-state index contributed by atoms with van der Waals surface area (Å²) in [6.07, 6.45) is 5.51. The van der Waals surface area contributed by atoms with Crippen LogP contribution in [0, 0.1) is 0 Å². The summed E-state index contributed by atoms with van der Waals surface area (Å²) in [4.78, 5) is 25.9. The molecule has 1 aliphatic carbocycles. The summed E-state index contributed by atoms with van der Waals surface area (Å²) < 4.78 is 0. The van der Waals surface area contributed by atoms with Crippen LogP contribution < -0.4 is 5.32 Å². The Labute approximate surface area is 157 Å². The van der Waals surface area contributed by atoms with Crippen molar-refractivity contribution in [3.63, 3.8) is 0 Å². The molecular formula is C20H21NO2S2. The lowest BCUT2D eigenvalue weighted by Gasteiger charge is -2.10. The predicted octanol–water partition coefficient (Wildman–Crippen LogP) is 4.83. The van der Waals surface area contributed by atoms with Crippen molar-refractivity contribution in [2.24, 2.45) is 0 Å². The molecule has 0 aromatic heterocycles. The first-order chi connectivity index (χ1) is 12.1. The molecule has 0 spiro atoms. The van der Waals surface area contributed by atoms with Gasteiger partial charge in [-0.1, -0.05) is 6.07 Å². The van der Waals surface area contributed by atoms with Gasteiger partial charge < -0.3 is 5.32 Å². The number of benzene rings is 2. The largest absolute Gasteiger partial charge is 0.325 e. The first-order valence-corrected chi connectivity index (χ1v) is 10.5. The van der Waals surface area contributed by atoms with Crippen LogP contribution in [0.15, 0.2) is 46.2 Å². The molecule has 0 heterocycles. The van der Waals surface area contributed by atoms with E-state index in [-0.39, 0.29) is 11.7 Å². The fourth-order valence-electron chi connectivity index (χ4n) is 3.03. The van der Waals surface area contributed by atoms with Crippen molar-refractivity contribution in [2.75, 3.05) is 17.3 Å². The van der Waals surface area contributed by atoms with E-state index >= 15 is 0 Å². The molecule has 2 aromatic rings. The van der Waals surface area contributed by atoms with E-state index in [1.165, 1.54) is 42.7 Å². The Hall–Kier alpha value is -1.72. The van der Waals surface area contributed by atoms with Gasteiger partial charge in [-0.2, -0.15) is 0 Å². The Bertz CT molecular complexity index is 817. The number of carbonyl (C=O) groups is 2. The maximum Gasteiger partial charge on any atom is 0.221 e. The van der Waals surface area contributed by atoms with Crippen LogP contribution in [0.25, 0.3) is 0 Å². The Morgan fingerprint density at radius 2 is 1.88 bits per heavy atom. The maximum atomic E-state index is 12.5. The summed E-state index contributed by atoms with van der Waals surface area (Å²) in [5, 5.41) is 2.80. The summed E-state index contributed by atoms with van der Waals surface area (Å²) in [5.74, 6) is 0.420. The van der Waals surface area contributed by atoms with Gasteiger partial charge in [0.05, 0.1) is 11.4 Å². The van der Waals surface area contributed by atoms with Crippen molar-refractivity contribution >= 4 is 40.9 Å². The van der Waals surface area contributed by atoms with Crippen LogP contribution in [0.1, 0.15) is 34.8 Å². The summed E-state index contributed by atoms with van der Waals surface area (Å²) in [6, 6.07) is 12.0. The summed E-state index contributed by atoms with van der Waals surface area (Å²) >= 11 is 3.11. The molecule has 5 heteroatoms. The third kappa shape index (κ3) is 4.47. The van der Waals surface area contributed by atoms with Crippen molar-refractivity contribution in [3.8, 4) is 0 Å². The molecule has 3 rings (SSSR count). The number of Topliss-reactive ketones (excluding diaryl/α,β-unsaturated/α-hetero) is 1. The average molecular weight is 372 g/mol. The van der Waals surface area contributed by atoms with E-state index in [0.717, 1.165) is 21.9 Å². The molecule has 0 radical (unpaired) electrons. The fourth-order valence-corrected chi connectivity index (χ4v) is 4.47. The second-order valence-electron chi connectivity index (χ2n) is 6.09. The Balaban J connectivity index is 1.67. The number of hydrogen-bond acceptors (Lipinski definition) is 4. The molecule has 2 aromatic carbocycles. The van der Waals surface area contributed by atoms with Crippen LogP contribution in [-0.4, -0.2) is 23.7 Å². The number of thioether (sulfide) groups is 2. The van der Waals surface area contributed by atoms with Crippen molar-refractivity contribution in [1.29, 1.82) is 0 Å². The topological polar surface area (TPSA) is 46.2 Å². The minimum absolute atomic E-state index is 0.107. The van der Waals surface area contributed by atoms with Gasteiger partial charge in [-0.05, 0) is 67.0 Å². The number of aryl methyl sites for hydroxylation is 2. The fraction of sp³-hybridized carbons (Fsp3) is 0.300. The van der Waals surface area contributed by atoms with Crippen LogP contribution in [0.3, 0.4) is 0 Å². The quantitative estimate of drug-likeness (QED) is 0.583. The lowest BCUT2D eigenvalue weighted by Crippen LogP contribution is -2.08. The summed E-state index contributed by atoms with van der Waals surface area (Å²) in [5.41, 5.74) is 4.32. The molecule has 1 N–H and O–H groups in total. The van der Waals surface area contributed by atoms with E-state index in [9.17, 15) is 9.59 Å². The van der Waals surface area contributed by atoms with E-state index in [4.69, 9.17) is 0 Å². The highest BCUT2D eigenvalue weighted by atomic mass is 32.2. The van der Waals surface area contributed by atoms with Gasteiger partial charge in [-0.3, -0.25) is 9.59 Å². The van der Waals surface area contributed by atoms with Gasteiger partial charge >= 0.3 is 0 Å². The number of nitrogens with one attached hydrogen (secondary N) is 1. The molecular weight excluding hydrogens is 350 g/mol. The molecule has 1 amide bonds. The lowest BCUT2D eigenvalue weighted by atomic mass is 10.1. The molecule has 0 aliphatic heterocycles. The Kier molecular flexibility index (Phi) is 5.86. The zero-order valence-corrected chi connectivity index (χ0v) is 16.1. The van der Waals surface area contributed by atoms with Crippen molar-refractivity contribution in [1.82, 2.24) is 0 Å². The van der Waals surface area contributed by atoms with Crippen LogP contribution in [0.5, 0.6) is 0 Å². The number of carbonyl (C=O) groups excluding carboxylic acids is 2. The number of hydrogen-bond donors (Lipinski definition) is 1. The number of rotatable bonds is 6. The van der Waals surface area contributed by atoms with E-state index < -0.39 is 0 Å². The second-order valence-corrected chi connectivity index (χ2v) is 7.99. The molecule has 0 bridgehead atoms. The SMILES string of the molecule is CSc1cc(C(=O)CSc2ccc3c(c2)CCC3)ccc1NC(C)=O. The van der Waals surface area contributed by atoms with Crippen LogP contribution in [0.4, 0.5) is 5.69 Å². The molecule has 0 saturated heterocycles. The van der Waals surface area contributed by atoms with Gasteiger partial charge in [-0.15, -0.1) is 23.5 Å². The van der Waals surface area contributed by atoms with Gasteiger partial charge in [0, 0.05) is 22.3 Å². The van der Waals surface area contributed by atoms with Gasteiger partial charge in [0.25, 0.3) is 0 Å².